The highest BCUT2D eigenvalue weighted by atomic mass is 16.6. The van der Waals surface area contributed by atoms with Gasteiger partial charge in [-0.25, -0.2) is 4.98 Å². The van der Waals surface area contributed by atoms with Gasteiger partial charge >= 0.3 is 5.97 Å². The highest BCUT2D eigenvalue weighted by molar-refractivity contribution is 5.69. The van der Waals surface area contributed by atoms with Crippen LogP contribution < -0.4 is 4.74 Å². The van der Waals surface area contributed by atoms with Crippen LogP contribution in [0.5, 0.6) is 5.88 Å². The van der Waals surface area contributed by atoms with Gasteiger partial charge in [0.05, 0.1) is 6.61 Å². The Morgan fingerprint density at radius 2 is 1.96 bits per heavy atom. The van der Waals surface area contributed by atoms with Crippen LogP contribution in [-0.2, 0) is 9.53 Å². The molecular weight excluding hydrogens is 302 g/mol. The number of carbonyl (C=O) groups is 1. The Balaban J connectivity index is 1.77. The SMILES string of the molecule is CCOc1cc(C2CCC(CCC(=O)OC(C)(C)C)CC2)ccn1. The van der Waals surface area contributed by atoms with Gasteiger partial charge < -0.3 is 9.47 Å². The molecule has 1 aliphatic rings. The fourth-order valence-electron chi connectivity index (χ4n) is 3.40. The second-order valence-corrected chi connectivity index (χ2v) is 7.70. The molecule has 2 rings (SSSR count). The minimum atomic E-state index is -0.381. The van der Waals surface area contributed by atoms with Crippen LogP contribution in [-0.4, -0.2) is 23.2 Å². The number of carbonyl (C=O) groups excluding carboxylic acids is 1. The summed E-state index contributed by atoms with van der Waals surface area (Å²) in [4.78, 5) is 16.1. The number of hydrogen-bond donors (Lipinski definition) is 0. The van der Waals surface area contributed by atoms with Crippen LogP contribution in [0.15, 0.2) is 18.3 Å². The summed E-state index contributed by atoms with van der Waals surface area (Å²) in [6.07, 6.45) is 8.04. The molecule has 0 N–H and O–H groups in total. The Kier molecular flexibility index (Phi) is 6.64. The molecule has 134 valence electrons. The molecule has 0 spiro atoms. The van der Waals surface area contributed by atoms with Crippen molar-refractivity contribution in [2.24, 2.45) is 5.92 Å². The fourth-order valence-corrected chi connectivity index (χ4v) is 3.40. The van der Waals surface area contributed by atoms with E-state index in [1.165, 1.54) is 31.2 Å². The zero-order valence-electron chi connectivity index (χ0n) is 15.5. The highest BCUT2D eigenvalue weighted by Crippen LogP contribution is 2.38. The summed E-state index contributed by atoms with van der Waals surface area (Å²) in [7, 11) is 0. The van der Waals surface area contributed by atoms with E-state index in [4.69, 9.17) is 9.47 Å². The number of aromatic nitrogens is 1. The first-order valence-electron chi connectivity index (χ1n) is 9.18. The van der Waals surface area contributed by atoms with Gasteiger partial charge in [-0.2, -0.15) is 0 Å². The van der Waals surface area contributed by atoms with Crippen LogP contribution in [0, 0.1) is 5.92 Å². The van der Waals surface area contributed by atoms with E-state index >= 15 is 0 Å². The lowest BCUT2D eigenvalue weighted by molar-refractivity contribution is -0.155. The first-order valence-corrected chi connectivity index (χ1v) is 9.18. The number of nitrogens with zero attached hydrogens (tertiary/aromatic N) is 1. The van der Waals surface area contributed by atoms with Gasteiger partial charge in [0.1, 0.15) is 5.60 Å². The van der Waals surface area contributed by atoms with Crippen LogP contribution in [0.25, 0.3) is 0 Å². The maximum atomic E-state index is 11.8. The maximum absolute atomic E-state index is 11.8. The lowest BCUT2D eigenvalue weighted by Crippen LogP contribution is -2.24. The van der Waals surface area contributed by atoms with Crippen molar-refractivity contribution in [3.05, 3.63) is 23.9 Å². The molecule has 24 heavy (non-hydrogen) atoms. The second kappa shape index (κ2) is 8.50. The molecule has 0 saturated heterocycles. The van der Waals surface area contributed by atoms with Crippen molar-refractivity contribution in [3.8, 4) is 5.88 Å². The molecule has 0 unspecified atom stereocenters. The number of rotatable bonds is 6. The molecule has 1 heterocycles. The lowest BCUT2D eigenvalue weighted by Gasteiger charge is -2.29. The van der Waals surface area contributed by atoms with Crippen molar-refractivity contribution in [3.63, 3.8) is 0 Å². The molecular formula is C20H31NO3. The summed E-state index contributed by atoms with van der Waals surface area (Å²) in [5, 5.41) is 0. The van der Waals surface area contributed by atoms with Gasteiger partial charge in [-0.3, -0.25) is 4.79 Å². The van der Waals surface area contributed by atoms with E-state index in [-0.39, 0.29) is 11.6 Å². The molecule has 0 atom stereocenters. The lowest BCUT2D eigenvalue weighted by atomic mass is 9.77. The number of esters is 1. The Hall–Kier alpha value is -1.58. The van der Waals surface area contributed by atoms with Crippen molar-refractivity contribution in [2.45, 2.75) is 77.7 Å². The fraction of sp³-hybridized carbons (Fsp3) is 0.700. The molecule has 1 aromatic rings. The minimum absolute atomic E-state index is 0.0693. The van der Waals surface area contributed by atoms with Crippen molar-refractivity contribution >= 4 is 5.97 Å². The average molecular weight is 333 g/mol. The smallest absolute Gasteiger partial charge is 0.306 e. The quantitative estimate of drug-likeness (QED) is 0.696. The van der Waals surface area contributed by atoms with Crippen molar-refractivity contribution in [1.82, 2.24) is 4.98 Å². The molecule has 4 heteroatoms. The summed E-state index contributed by atoms with van der Waals surface area (Å²) in [6, 6.07) is 4.18. The van der Waals surface area contributed by atoms with E-state index in [0.29, 0.717) is 24.9 Å². The molecule has 4 nitrogen and oxygen atoms in total. The molecule has 1 fully saturated rings. The Bertz CT molecular complexity index is 528. The summed E-state index contributed by atoms with van der Waals surface area (Å²) in [5.41, 5.74) is 0.952. The standard InChI is InChI=1S/C20H31NO3/c1-5-23-18-14-17(12-13-21-18)16-9-6-15(7-10-16)8-11-19(22)24-20(2,3)4/h12-16H,5-11H2,1-4H3. The molecule has 0 radical (unpaired) electrons. The van der Waals surface area contributed by atoms with E-state index in [0.717, 1.165) is 12.3 Å². The number of ether oxygens (including phenoxy) is 2. The van der Waals surface area contributed by atoms with Gasteiger partial charge in [0.25, 0.3) is 0 Å². The van der Waals surface area contributed by atoms with Gasteiger partial charge in [-0.1, -0.05) is 0 Å². The van der Waals surface area contributed by atoms with Gasteiger partial charge in [-0.15, -0.1) is 0 Å². The minimum Gasteiger partial charge on any atom is -0.478 e. The Morgan fingerprint density at radius 3 is 2.58 bits per heavy atom. The topological polar surface area (TPSA) is 48.4 Å². The first kappa shape index (κ1) is 18.8. The largest absolute Gasteiger partial charge is 0.478 e. The summed E-state index contributed by atoms with van der Waals surface area (Å²) in [6.45, 7) is 8.38. The van der Waals surface area contributed by atoms with Crippen molar-refractivity contribution < 1.29 is 14.3 Å². The van der Waals surface area contributed by atoms with Crippen LogP contribution in [0.4, 0.5) is 0 Å². The van der Waals surface area contributed by atoms with Gasteiger partial charge in [0.15, 0.2) is 0 Å². The third-order valence-corrected chi connectivity index (χ3v) is 4.55. The van der Waals surface area contributed by atoms with Crippen LogP contribution in [0.1, 0.15) is 77.7 Å². The van der Waals surface area contributed by atoms with E-state index in [2.05, 4.69) is 17.1 Å². The molecule has 0 aromatic carbocycles. The number of pyridine rings is 1. The third kappa shape index (κ3) is 6.14. The second-order valence-electron chi connectivity index (χ2n) is 7.70. The van der Waals surface area contributed by atoms with Gasteiger partial charge in [-0.05, 0) is 83.3 Å². The van der Waals surface area contributed by atoms with Gasteiger partial charge in [0.2, 0.25) is 5.88 Å². The monoisotopic (exact) mass is 333 g/mol. The molecule has 0 aliphatic heterocycles. The number of hydrogen-bond acceptors (Lipinski definition) is 4. The summed E-state index contributed by atoms with van der Waals surface area (Å²) >= 11 is 0. The molecule has 0 bridgehead atoms. The van der Waals surface area contributed by atoms with E-state index in [1.807, 2.05) is 33.9 Å². The van der Waals surface area contributed by atoms with E-state index in [1.54, 1.807) is 0 Å². The summed E-state index contributed by atoms with van der Waals surface area (Å²) < 4.78 is 10.9. The zero-order valence-corrected chi connectivity index (χ0v) is 15.5. The predicted molar refractivity (Wildman–Crippen MR) is 95.2 cm³/mol. The molecule has 1 aliphatic carbocycles. The Labute approximate surface area is 146 Å². The van der Waals surface area contributed by atoms with Crippen LogP contribution in [0.2, 0.25) is 0 Å². The highest BCUT2D eigenvalue weighted by Gasteiger charge is 2.24. The average Bonchev–Trinajstić information content (AvgIpc) is 2.52. The van der Waals surface area contributed by atoms with Crippen LogP contribution in [0.3, 0.4) is 0 Å². The molecule has 0 amide bonds. The Morgan fingerprint density at radius 1 is 1.25 bits per heavy atom. The normalized spacial score (nSPS) is 21.3. The van der Waals surface area contributed by atoms with Crippen LogP contribution >= 0.6 is 0 Å². The summed E-state index contributed by atoms with van der Waals surface area (Å²) in [5.74, 6) is 1.88. The van der Waals surface area contributed by atoms with Gasteiger partial charge in [0, 0.05) is 18.7 Å². The maximum Gasteiger partial charge on any atom is 0.306 e. The zero-order chi connectivity index (χ0) is 17.6. The predicted octanol–water partition coefficient (Wildman–Crippen LogP) is 4.88. The van der Waals surface area contributed by atoms with E-state index in [9.17, 15) is 4.79 Å². The van der Waals surface area contributed by atoms with Crippen molar-refractivity contribution in [2.75, 3.05) is 6.61 Å². The third-order valence-electron chi connectivity index (χ3n) is 4.55. The first-order chi connectivity index (χ1) is 11.4. The molecule has 1 aromatic heterocycles. The van der Waals surface area contributed by atoms with E-state index < -0.39 is 0 Å². The molecule has 1 saturated carbocycles. The van der Waals surface area contributed by atoms with Crippen molar-refractivity contribution in [1.29, 1.82) is 0 Å².